The van der Waals surface area contributed by atoms with Crippen molar-refractivity contribution in [2.45, 2.75) is 24.8 Å². The van der Waals surface area contributed by atoms with E-state index in [1.54, 1.807) is 0 Å². The van der Waals surface area contributed by atoms with E-state index in [-0.39, 0.29) is 11.3 Å². The maximum Gasteiger partial charge on any atom is 0.169 e. The lowest BCUT2D eigenvalue weighted by atomic mass is 10.0. The van der Waals surface area contributed by atoms with Crippen molar-refractivity contribution in [3.63, 3.8) is 0 Å². The number of benzene rings is 1. The first-order valence-corrected chi connectivity index (χ1v) is 5.42. The van der Waals surface area contributed by atoms with E-state index in [1.165, 1.54) is 14.2 Å². The fraction of sp³-hybridized carbons (Fsp3) is 0.500. The summed E-state index contributed by atoms with van der Waals surface area (Å²) >= 11 is 0. The number of halogens is 1. The maximum atomic E-state index is 13.5. The molecule has 0 heterocycles. The molecular weight excluding hydrogens is 225 g/mol. The molecule has 0 aromatic heterocycles. The molecule has 1 aliphatic carbocycles. The Morgan fingerprint density at radius 2 is 2.06 bits per heavy atom. The number of nitrogens with two attached hydrogens (primary N) is 1. The predicted octanol–water partition coefficient (Wildman–Crippen LogP) is 1.58. The first kappa shape index (κ1) is 12.0. The van der Waals surface area contributed by atoms with Crippen LogP contribution in [0, 0.1) is 5.82 Å². The largest absolute Gasteiger partial charge is 0.505 e. The summed E-state index contributed by atoms with van der Waals surface area (Å²) in [6.45, 7) is 0. The lowest BCUT2D eigenvalue weighted by Gasteiger charge is -2.17. The minimum Gasteiger partial charge on any atom is -0.505 e. The Balaban J connectivity index is 2.48. The second-order valence-electron chi connectivity index (χ2n) is 4.46. The summed E-state index contributed by atoms with van der Waals surface area (Å²) in [6.07, 6.45) is 2.12. The van der Waals surface area contributed by atoms with Gasteiger partial charge in [0.1, 0.15) is 0 Å². The van der Waals surface area contributed by atoms with E-state index in [4.69, 9.17) is 15.2 Å². The lowest BCUT2D eigenvalue weighted by molar-refractivity contribution is 0.337. The van der Waals surface area contributed by atoms with E-state index in [0.717, 1.165) is 18.9 Å². The van der Waals surface area contributed by atoms with E-state index in [0.29, 0.717) is 17.7 Å². The number of phenolic OH excluding ortho intramolecular Hbond substituents is 1. The molecule has 2 rings (SSSR count). The van der Waals surface area contributed by atoms with Gasteiger partial charge in [0.15, 0.2) is 23.1 Å². The SMILES string of the molecule is COc1cc(F)c(O)c(CC2(N)CC2)c1OC. The Hall–Kier alpha value is -1.49. The summed E-state index contributed by atoms with van der Waals surface area (Å²) in [7, 11) is 2.88. The van der Waals surface area contributed by atoms with E-state index in [9.17, 15) is 9.50 Å². The average Bonchev–Trinajstić information content (AvgIpc) is 3.02. The molecule has 17 heavy (non-hydrogen) atoms. The third kappa shape index (κ3) is 2.15. The molecule has 0 bridgehead atoms. The molecule has 1 aromatic rings. The average molecular weight is 241 g/mol. The summed E-state index contributed by atoms with van der Waals surface area (Å²) in [5.41, 5.74) is 6.02. The van der Waals surface area contributed by atoms with Crippen LogP contribution in [0.2, 0.25) is 0 Å². The van der Waals surface area contributed by atoms with Crippen LogP contribution in [0.5, 0.6) is 17.2 Å². The van der Waals surface area contributed by atoms with E-state index in [1.807, 2.05) is 0 Å². The van der Waals surface area contributed by atoms with Crippen molar-refractivity contribution < 1.29 is 19.0 Å². The van der Waals surface area contributed by atoms with Crippen molar-refractivity contribution in [3.05, 3.63) is 17.4 Å². The van der Waals surface area contributed by atoms with E-state index < -0.39 is 11.6 Å². The molecule has 0 amide bonds. The molecule has 1 aliphatic rings. The lowest BCUT2D eigenvalue weighted by Crippen LogP contribution is -2.25. The molecule has 0 unspecified atom stereocenters. The predicted molar refractivity (Wildman–Crippen MR) is 61.0 cm³/mol. The van der Waals surface area contributed by atoms with Gasteiger partial charge < -0.3 is 20.3 Å². The topological polar surface area (TPSA) is 64.7 Å². The Bertz CT molecular complexity index is 444. The molecule has 0 radical (unpaired) electrons. The summed E-state index contributed by atoms with van der Waals surface area (Å²) in [4.78, 5) is 0. The van der Waals surface area contributed by atoms with Crippen LogP contribution < -0.4 is 15.2 Å². The normalized spacial score (nSPS) is 16.7. The Labute approximate surface area is 99.1 Å². The molecule has 1 fully saturated rings. The van der Waals surface area contributed by atoms with E-state index in [2.05, 4.69) is 0 Å². The van der Waals surface area contributed by atoms with Crippen molar-refractivity contribution in [2.75, 3.05) is 14.2 Å². The molecule has 4 nitrogen and oxygen atoms in total. The van der Waals surface area contributed by atoms with Crippen LogP contribution in [-0.2, 0) is 6.42 Å². The van der Waals surface area contributed by atoms with Gasteiger partial charge >= 0.3 is 0 Å². The minimum atomic E-state index is -0.720. The van der Waals surface area contributed by atoms with Crippen LogP contribution in [-0.4, -0.2) is 24.9 Å². The quantitative estimate of drug-likeness (QED) is 0.840. The van der Waals surface area contributed by atoms with Gasteiger partial charge in [-0.05, 0) is 19.3 Å². The maximum absolute atomic E-state index is 13.5. The van der Waals surface area contributed by atoms with Crippen LogP contribution in [0.1, 0.15) is 18.4 Å². The van der Waals surface area contributed by atoms with Crippen LogP contribution in [0.15, 0.2) is 6.07 Å². The van der Waals surface area contributed by atoms with Crippen molar-refractivity contribution in [2.24, 2.45) is 5.73 Å². The molecule has 1 aromatic carbocycles. The number of hydrogen-bond donors (Lipinski definition) is 2. The van der Waals surface area contributed by atoms with Crippen LogP contribution in [0.25, 0.3) is 0 Å². The Morgan fingerprint density at radius 1 is 1.41 bits per heavy atom. The molecule has 0 saturated heterocycles. The third-order valence-electron chi connectivity index (χ3n) is 3.11. The van der Waals surface area contributed by atoms with Crippen molar-refractivity contribution in [1.29, 1.82) is 0 Å². The third-order valence-corrected chi connectivity index (χ3v) is 3.11. The highest BCUT2D eigenvalue weighted by molar-refractivity contribution is 5.55. The summed E-state index contributed by atoms with van der Waals surface area (Å²) in [6, 6.07) is 1.10. The first-order valence-electron chi connectivity index (χ1n) is 5.42. The molecule has 5 heteroatoms. The minimum absolute atomic E-state index is 0.266. The molecule has 0 aliphatic heterocycles. The molecule has 94 valence electrons. The monoisotopic (exact) mass is 241 g/mol. The van der Waals surface area contributed by atoms with E-state index >= 15 is 0 Å². The first-order chi connectivity index (χ1) is 8.00. The van der Waals surface area contributed by atoms with Gasteiger partial charge in [-0.25, -0.2) is 4.39 Å². The number of hydrogen-bond acceptors (Lipinski definition) is 4. The number of ether oxygens (including phenoxy) is 2. The Morgan fingerprint density at radius 3 is 2.53 bits per heavy atom. The highest BCUT2D eigenvalue weighted by Crippen LogP contribution is 2.45. The fourth-order valence-corrected chi connectivity index (χ4v) is 1.88. The van der Waals surface area contributed by atoms with Crippen molar-refractivity contribution >= 4 is 0 Å². The summed E-state index contributed by atoms with van der Waals surface area (Å²) < 4.78 is 23.7. The van der Waals surface area contributed by atoms with Gasteiger partial charge in [0.2, 0.25) is 0 Å². The second kappa shape index (κ2) is 4.07. The molecule has 1 saturated carbocycles. The van der Waals surface area contributed by atoms with Crippen LogP contribution >= 0.6 is 0 Å². The van der Waals surface area contributed by atoms with Gasteiger partial charge in [-0.15, -0.1) is 0 Å². The van der Waals surface area contributed by atoms with Crippen LogP contribution in [0.4, 0.5) is 4.39 Å². The fourth-order valence-electron chi connectivity index (χ4n) is 1.88. The molecule has 0 atom stereocenters. The summed E-state index contributed by atoms with van der Waals surface area (Å²) in [5.74, 6) is -0.508. The highest BCUT2D eigenvalue weighted by atomic mass is 19.1. The molecule has 0 spiro atoms. The zero-order valence-electron chi connectivity index (χ0n) is 9.92. The van der Waals surface area contributed by atoms with Gasteiger partial charge in [-0.1, -0.05) is 0 Å². The second-order valence-corrected chi connectivity index (χ2v) is 4.46. The van der Waals surface area contributed by atoms with Gasteiger partial charge in [0, 0.05) is 17.2 Å². The number of aromatic hydroxyl groups is 1. The standard InChI is InChI=1S/C12H16FNO3/c1-16-9-5-8(13)10(15)7(11(9)17-2)6-12(14)3-4-12/h5,15H,3-4,6,14H2,1-2H3. The Kier molecular flexibility index (Phi) is 2.87. The van der Waals surface area contributed by atoms with Gasteiger partial charge in [0.25, 0.3) is 0 Å². The van der Waals surface area contributed by atoms with Crippen molar-refractivity contribution in [1.82, 2.24) is 0 Å². The molecule has 3 N–H and O–H groups in total. The van der Waals surface area contributed by atoms with Gasteiger partial charge in [-0.2, -0.15) is 0 Å². The zero-order chi connectivity index (χ0) is 12.6. The number of phenols is 1. The van der Waals surface area contributed by atoms with Crippen LogP contribution in [0.3, 0.4) is 0 Å². The number of rotatable bonds is 4. The van der Waals surface area contributed by atoms with Crippen molar-refractivity contribution in [3.8, 4) is 17.2 Å². The zero-order valence-corrected chi connectivity index (χ0v) is 9.92. The number of methoxy groups -OCH3 is 2. The summed E-state index contributed by atoms with van der Waals surface area (Å²) in [5, 5.41) is 9.75. The van der Waals surface area contributed by atoms with Gasteiger partial charge in [-0.3, -0.25) is 0 Å². The molecular formula is C12H16FNO3. The van der Waals surface area contributed by atoms with Gasteiger partial charge in [0.05, 0.1) is 14.2 Å². The smallest absolute Gasteiger partial charge is 0.169 e. The highest BCUT2D eigenvalue weighted by Gasteiger charge is 2.40.